The molecule has 1 N–H and O–H groups in total. The van der Waals surface area contributed by atoms with Gasteiger partial charge < -0.3 is 24.0 Å². The number of hydrogen-bond acceptors (Lipinski definition) is 6. The topological polar surface area (TPSA) is 85.4 Å². The number of aryl methyl sites for hydroxylation is 1. The lowest BCUT2D eigenvalue weighted by Crippen LogP contribution is -2.39. The molecule has 0 aromatic carbocycles. The Morgan fingerprint density at radius 1 is 1.48 bits per heavy atom. The first-order valence-corrected chi connectivity index (χ1v) is 9.63. The number of amides is 1. The minimum absolute atomic E-state index is 0.0906. The van der Waals surface area contributed by atoms with Crippen LogP contribution in [0.25, 0.3) is 0 Å². The molecule has 8 heteroatoms. The summed E-state index contributed by atoms with van der Waals surface area (Å²) in [6.07, 6.45) is 7.02. The maximum atomic E-state index is 13.3. The summed E-state index contributed by atoms with van der Waals surface area (Å²) in [7, 11) is 1.59. The van der Waals surface area contributed by atoms with E-state index in [1.54, 1.807) is 19.4 Å². The summed E-state index contributed by atoms with van der Waals surface area (Å²) in [6, 6.07) is 1.92. The number of hydrogen-bond donors (Lipinski definition) is 1. The molecule has 0 bridgehead atoms. The fourth-order valence-corrected chi connectivity index (χ4v) is 4.26. The number of methoxy groups -OCH3 is 1. The van der Waals surface area contributed by atoms with Gasteiger partial charge in [-0.25, -0.2) is 4.98 Å². The highest BCUT2D eigenvalue weighted by molar-refractivity contribution is 5.92. The molecular weight excluding hydrogens is 346 g/mol. The van der Waals surface area contributed by atoms with Crippen molar-refractivity contribution in [1.82, 2.24) is 24.9 Å². The molecule has 2 aromatic rings. The van der Waals surface area contributed by atoms with Gasteiger partial charge in [-0.15, -0.1) is 0 Å². The van der Waals surface area contributed by atoms with Gasteiger partial charge >= 0.3 is 0 Å². The number of nitrogens with zero attached hydrogens (tertiary/aromatic N) is 4. The predicted molar refractivity (Wildman–Crippen MR) is 97.9 cm³/mol. The lowest BCUT2D eigenvalue weighted by Gasteiger charge is -2.29. The van der Waals surface area contributed by atoms with Crippen molar-refractivity contribution >= 4 is 5.91 Å². The first-order chi connectivity index (χ1) is 13.2. The average molecular weight is 373 g/mol. The Hall–Kier alpha value is -2.19. The molecule has 2 fully saturated rings. The number of piperidine rings is 1. The summed E-state index contributed by atoms with van der Waals surface area (Å²) >= 11 is 0. The second kappa shape index (κ2) is 7.44. The third-order valence-corrected chi connectivity index (χ3v) is 5.90. The molecule has 2 aromatic heterocycles. The van der Waals surface area contributed by atoms with Gasteiger partial charge in [0.25, 0.3) is 5.91 Å². The van der Waals surface area contributed by atoms with Crippen LogP contribution in [-0.4, -0.2) is 51.8 Å². The van der Waals surface area contributed by atoms with Gasteiger partial charge in [0.1, 0.15) is 12.4 Å². The van der Waals surface area contributed by atoms with Gasteiger partial charge in [0.2, 0.25) is 0 Å². The molecule has 1 saturated heterocycles. The molecule has 4 rings (SSSR count). The van der Waals surface area contributed by atoms with E-state index in [0.717, 1.165) is 44.7 Å². The Kier molecular flexibility index (Phi) is 5.01. The summed E-state index contributed by atoms with van der Waals surface area (Å²) in [4.78, 5) is 19.7. The third-order valence-electron chi connectivity index (χ3n) is 5.90. The molecule has 1 saturated carbocycles. The van der Waals surface area contributed by atoms with Gasteiger partial charge in [0.05, 0.1) is 6.54 Å². The van der Waals surface area contributed by atoms with E-state index < -0.39 is 0 Å². The zero-order valence-electron chi connectivity index (χ0n) is 16.0. The maximum Gasteiger partial charge on any atom is 0.276 e. The summed E-state index contributed by atoms with van der Waals surface area (Å²) in [5, 5.41) is 7.41. The second-order valence-electron chi connectivity index (χ2n) is 7.51. The quantitative estimate of drug-likeness (QED) is 0.797. The number of rotatable bonds is 7. The summed E-state index contributed by atoms with van der Waals surface area (Å²) in [5.41, 5.74) is 0.580. The lowest BCUT2D eigenvalue weighted by atomic mass is 9.93. The first kappa shape index (κ1) is 18.2. The van der Waals surface area contributed by atoms with Crippen LogP contribution in [0.4, 0.5) is 0 Å². The lowest BCUT2D eigenvalue weighted by molar-refractivity contribution is 0.0674. The molecule has 8 nitrogen and oxygen atoms in total. The van der Waals surface area contributed by atoms with Crippen molar-refractivity contribution in [3.05, 3.63) is 35.7 Å². The van der Waals surface area contributed by atoms with Crippen molar-refractivity contribution in [2.75, 3.05) is 20.2 Å². The van der Waals surface area contributed by atoms with Crippen molar-refractivity contribution in [3.8, 4) is 0 Å². The molecule has 0 radical (unpaired) electrons. The molecular formula is C19H27N5O3. The van der Waals surface area contributed by atoms with Crippen LogP contribution in [0.1, 0.15) is 48.3 Å². The Balaban J connectivity index is 1.58. The van der Waals surface area contributed by atoms with Gasteiger partial charge in [0.15, 0.2) is 11.5 Å². The highest BCUT2D eigenvalue weighted by Crippen LogP contribution is 2.56. The van der Waals surface area contributed by atoms with E-state index in [1.807, 2.05) is 11.1 Å². The number of carbonyl (C=O) groups is 1. The van der Waals surface area contributed by atoms with Crippen LogP contribution in [0.3, 0.4) is 0 Å². The Morgan fingerprint density at radius 2 is 2.30 bits per heavy atom. The molecule has 1 aliphatic heterocycles. The van der Waals surface area contributed by atoms with E-state index in [-0.39, 0.29) is 17.4 Å². The molecule has 1 atom stereocenters. The van der Waals surface area contributed by atoms with Crippen LogP contribution in [-0.2, 0) is 24.4 Å². The van der Waals surface area contributed by atoms with Crippen LogP contribution in [0, 0.1) is 5.41 Å². The molecule has 1 aliphatic carbocycles. The number of nitrogens with one attached hydrogen (secondary N) is 1. The average Bonchev–Trinajstić information content (AvgIpc) is 3.06. The maximum absolute atomic E-state index is 13.3. The first-order valence-electron chi connectivity index (χ1n) is 9.63. The smallest absolute Gasteiger partial charge is 0.276 e. The fraction of sp³-hybridized carbons (Fsp3) is 0.632. The SMILES string of the molecule is CCn1ccnc1CN(C(=O)c1cc(COC)on1)C1CC12CCNCC2. The fourth-order valence-electron chi connectivity index (χ4n) is 4.26. The highest BCUT2D eigenvalue weighted by atomic mass is 16.5. The zero-order valence-corrected chi connectivity index (χ0v) is 16.0. The van der Waals surface area contributed by atoms with E-state index in [9.17, 15) is 4.79 Å². The van der Waals surface area contributed by atoms with Crippen LogP contribution >= 0.6 is 0 Å². The number of ether oxygens (including phenoxy) is 1. The molecule has 1 unspecified atom stereocenters. The summed E-state index contributed by atoms with van der Waals surface area (Å²) < 4.78 is 12.4. The summed E-state index contributed by atoms with van der Waals surface area (Å²) in [6.45, 7) is 5.75. The highest BCUT2D eigenvalue weighted by Gasteiger charge is 2.58. The van der Waals surface area contributed by atoms with E-state index in [1.165, 1.54) is 0 Å². The third kappa shape index (κ3) is 3.51. The van der Waals surface area contributed by atoms with Crippen LogP contribution < -0.4 is 5.32 Å². The van der Waals surface area contributed by atoms with Crippen molar-refractivity contribution in [2.45, 2.75) is 51.9 Å². The predicted octanol–water partition coefficient (Wildman–Crippen LogP) is 1.82. The van der Waals surface area contributed by atoms with Crippen molar-refractivity contribution in [3.63, 3.8) is 0 Å². The number of aromatic nitrogens is 3. The van der Waals surface area contributed by atoms with Crippen LogP contribution in [0.2, 0.25) is 0 Å². The van der Waals surface area contributed by atoms with E-state index in [0.29, 0.717) is 24.6 Å². The Labute approximate surface area is 158 Å². The standard InChI is InChI=1S/C19H27N5O3/c1-3-23-9-8-21-17(23)12-24(16-11-19(16)4-6-20-7-5-19)18(25)15-10-14(13-26-2)27-22-15/h8-10,16,20H,3-7,11-13H2,1-2H3. The van der Waals surface area contributed by atoms with Gasteiger partial charge in [-0.05, 0) is 44.7 Å². The monoisotopic (exact) mass is 373 g/mol. The molecule has 2 aliphatic rings. The molecule has 146 valence electrons. The van der Waals surface area contributed by atoms with E-state index in [4.69, 9.17) is 9.26 Å². The minimum Gasteiger partial charge on any atom is -0.377 e. The largest absolute Gasteiger partial charge is 0.377 e. The van der Waals surface area contributed by atoms with Crippen LogP contribution in [0.15, 0.2) is 23.0 Å². The van der Waals surface area contributed by atoms with E-state index in [2.05, 4.69) is 26.9 Å². The zero-order chi connectivity index (χ0) is 18.9. The minimum atomic E-state index is -0.0906. The van der Waals surface area contributed by atoms with Crippen molar-refractivity contribution < 1.29 is 14.1 Å². The van der Waals surface area contributed by atoms with Crippen molar-refractivity contribution in [2.24, 2.45) is 5.41 Å². The van der Waals surface area contributed by atoms with Crippen LogP contribution in [0.5, 0.6) is 0 Å². The van der Waals surface area contributed by atoms with Gasteiger partial charge in [0, 0.05) is 38.2 Å². The second-order valence-corrected chi connectivity index (χ2v) is 7.51. The molecule has 1 spiro atoms. The van der Waals surface area contributed by atoms with Gasteiger partial charge in [-0.1, -0.05) is 5.16 Å². The Bertz CT molecular complexity index is 793. The van der Waals surface area contributed by atoms with Gasteiger partial charge in [-0.2, -0.15) is 0 Å². The van der Waals surface area contributed by atoms with Gasteiger partial charge in [-0.3, -0.25) is 4.79 Å². The summed E-state index contributed by atoms with van der Waals surface area (Å²) in [5.74, 6) is 1.37. The molecule has 3 heterocycles. The normalized spacial score (nSPS) is 20.7. The number of imidazole rings is 1. The Morgan fingerprint density at radius 3 is 3.04 bits per heavy atom. The molecule has 27 heavy (non-hydrogen) atoms. The number of carbonyl (C=O) groups excluding carboxylic acids is 1. The molecule has 1 amide bonds. The van der Waals surface area contributed by atoms with Crippen molar-refractivity contribution in [1.29, 1.82) is 0 Å². The van der Waals surface area contributed by atoms with E-state index >= 15 is 0 Å².